The number of para-hydroxylation sites is 1. The number of phenolic OH excluding ortho intramolecular Hbond substituents is 1. The second kappa shape index (κ2) is 25.0. The smallest absolute Gasteiger partial charge is 0.271 e. The first kappa shape index (κ1) is 49.1. The number of nitrogens with zero attached hydrogens (tertiary/aromatic N) is 2. The maximum atomic E-state index is 11.6. The third kappa shape index (κ3) is 24.7. The van der Waals surface area contributed by atoms with Crippen molar-refractivity contribution in [1.82, 2.24) is 14.7 Å². The van der Waals surface area contributed by atoms with Crippen LogP contribution in [0.3, 0.4) is 0 Å². The van der Waals surface area contributed by atoms with Crippen LogP contribution < -0.4 is 16.2 Å². The fourth-order valence-corrected chi connectivity index (χ4v) is 3.02. The molecule has 11 nitrogen and oxygen atoms in total. The number of allylic oxidation sites excluding steroid dienone is 2. The molecule has 2 aromatic carbocycles. The minimum atomic E-state index is -1.97. The van der Waals surface area contributed by atoms with E-state index in [9.17, 15) is 9.59 Å². The van der Waals surface area contributed by atoms with Crippen LogP contribution in [0.15, 0.2) is 77.1 Å². The predicted molar refractivity (Wildman–Crippen MR) is 202 cm³/mol. The molecule has 0 fully saturated rings. The van der Waals surface area contributed by atoms with Crippen molar-refractivity contribution in [3.63, 3.8) is 0 Å². The zero-order valence-corrected chi connectivity index (χ0v) is 32.7. The summed E-state index contributed by atoms with van der Waals surface area (Å²) < 4.78 is -0.451. The molecule has 17 heteroatoms. The van der Waals surface area contributed by atoms with Crippen molar-refractivity contribution in [3.8, 4) is 11.4 Å². The second-order valence-electron chi connectivity index (χ2n) is 10.4. The van der Waals surface area contributed by atoms with Crippen LogP contribution >= 0.6 is 69.6 Å². The number of amides is 1. The fraction of sp³-hybridized carbons (Fsp3) is 0.438. The number of aromatic hydroxyl groups is 1. The van der Waals surface area contributed by atoms with Crippen LogP contribution in [0, 0.1) is 6.92 Å². The van der Waals surface area contributed by atoms with E-state index in [1.54, 1.807) is 22.9 Å². The van der Waals surface area contributed by atoms with Crippen LogP contribution in [0.1, 0.15) is 46.2 Å². The number of phenols is 1. The lowest BCUT2D eigenvalue weighted by molar-refractivity contribution is -0.114. The van der Waals surface area contributed by atoms with Gasteiger partial charge in [0, 0.05) is 37.5 Å². The summed E-state index contributed by atoms with van der Waals surface area (Å²) in [5, 5.41) is 46.9. The van der Waals surface area contributed by atoms with Crippen molar-refractivity contribution in [2.75, 3.05) is 12.4 Å². The summed E-state index contributed by atoms with van der Waals surface area (Å²) in [5.41, 5.74) is 3.97. The van der Waals surface area contributed by atoms with E-state index in [0.717, 1.165) is 11.4 Å². The first-order valence-corrected chi connectivity index (χ1v) is 16.7. The first-order valence-electron chi connectivity index (χ1n) is 14.5. The molecule has 0 saturated carbocycles. The molecule has 0 aliphatic heterocycles. The Kier molecular flexibility index (Phi) is 25.1. The van der Waals surface area contributed by atoms with Gasteiger partial charge in [0.2, 0.25) is 13.5 Å². The number of rotatable bonds is 6. The summed E-state index contributed by atoms with van der Waals surface area (Å²) in [4.78, 5) is 22.1. The number of aromatic nitrogens is 2. The highest BCUT2D eigenvalue weighted by Gasteiger charge is 2.28. The molecule has 3 aromatic rings. The van der Waals surface area contributed by atoms with E-state index in [-0.39, 0.29) is 17.2 Å². The average molecular weight is 811 g/mol. The number of hydrogen-bond acceptors (Lipinski definition) is 8. The van der Waals surface area contributed by atoms with Crippen molar-refractivity contribution < 1.29 is 30.3 Å². The number of aryl methyl sites for hydroxylation is 1. The summed E-state index contributed by atoms with van der Waals surface area (Å²) in [5.74, 6) is 0.0785. The predicted octanol–water partition coefficient (Wildman–Crippen LogP) is 6.51. The van der Waals surface area contributed by atoms with Gasteiger partial charge >= 0.3 is 0 Å². The zero-order chi connectivity index (χ0) is 38.5. The van der Waals surface area contributed by atoms with Gasteiger partial charge < -0.3 is 36.2 Å². The normalized spacial score (nSPS) is 11.3. The van der Waals surface area contributed by atoms with Crippen molar-refractivity contribution >= 4 is 81.2 Å². The molecule has 1 amide bonds. The van der Waals surface area contributed by atoms with Crippen molar-refractivity contribution in [2.45, 2.75) is 73.7 Å². The van der Waals surface area contributed by atoms with E-state index in [1.807, 2.05) is 56.0 Å². The SMILES string of the molecule is CC(=O)Nc1ccc(O)cc1.CNC(C)CCC=C(C)C.Cc1cc(=O)n(-c2ccccc2)n1C.OC(O)C(Cl)(Cl)Cl.OC(O)C(Cl)(Cl)Cl. The number of nitrogens with one attached hydrogen (secondary N) is 2. The van der Waals surface area contributed by atoms with Crippen LogP contribution in [0.4, 0.5) is 5.69 Å². The van der Waals surface area contributed by atoms with E-state index in [0.29, 0.717) is 11.7 Å². The quantitative estimate of drug-likeness (QED) is 0.0640. The van der Waals surface area contributed by atoms with Crippen LogP contribution in [0.25, 0.3) is 5.69 Å². The largest absolute Gasteiger partial charge is 0.508 e. The molecule has 1 atom stereocenters. The fourth-order valence-electron chi connectivity index (χ4n) is 3.02. The van der Waals surface area contributed by atoms with E-state index in [1.165, 1.54) is 37.5 Å². The molecule has 1 aromatic heterocycles. The van der Waals surface area contributed by atoms with Crippen molar-refractivity contribution in [1.29, 1.82) is 0 Å². The number of anilines is 1. The van der Waals surface area contributed by atoms with E-state index in [2.05, 4.69) is 37.5 Å². The van der Waals surface area contributed by atoms with E-state index >= 15 is 0 Å². The minimum absolute atomic E-state index is 0.0104. The Morgan fingerprint density at radius 2 is 1.33 bits per heavy atom. The number of alkyl halides is 6. The molecule has 1 heterocycles. The number of aliphatic hydroxyl groups is 4. The highest BCUT2D eigenvalue weighted by molar-refractivity contribution is 6.68. The van der Waals surface area contributed by atoms with Crippen LogP contribution in [0.2, 0.25) is 0 Å². The topological polar surface area (TPSA) is 169 Å². The van der Waals surface area contributed by atoms with E-state index < -0.39 is 20.2 Å². The monoisotopic (exact) mass is 808 g/mol. The number of benzene rings is 2. The number of carbonyl (C=O) groups excluding carboxylic acids is 1. The summed E-state index contributed by atoms with van der Waals surface area (Å²) in [7, 11) is 3.89. The molecular formula is C32H46Cl6N4O7. The summed E-state index contributed by atoms with van der Waals surface area (Å²) in [6.07, 6.45) is 0.912. The van der Waals surface area contributed by atoms with Gasteiger partial charge in [-0.2, -0.15) is 0 Å². The van der Waals surface area contributed by atoms with Gasteiger partial charge in [-0.15, -0.1) is 0 Å². The molecule has 278 valence electrons. The maximum absolute atomic E-state index is 11.6. The van der Waals surface area contributed by atoms with Gasteiger partial charge in [0.15, 0.2) is 12.6 Å². The molecule has 0 aliphatic rings. The molecule has 0 aliphatic carbocycles. The van der Waals surface area contributed by atoms with Gasteiger partial charge in [-0.25, -0.2) is 4.68 Å². The lowest BCUT2D eigenvalue weighted by Gasteiger charge is -2.10. The molecule has 7 N–H and O–H groups in total. The third-order valence-corrected chi connectivity index (χ3v) is 6.94. The zero-order valence-electron chi connectivity index (χ0n) is 28.2. The highest BCUT2D eigenvalue weighted by atomic mass is 35.6. The Hall–Kier alpha value is -2.00. The van der Waals surface area contributed by atoms with Crippen LogP contribution in [-0.2, 0) is 11.8 Å². The maximum Gasteiger partial charge on any atom is 0.271 e. The van der Waals surface area contributed by atoms with Gasteiger partial charge in [0.1, 0.15) is 5.75 Å². The van der Waals surface area contributed by atoms with Gasteiger partial charge in [0.05, 0.1) is 5.69 Å². The average Bonchev–Trinajstić information content (AvgIpc) is 3.24. The molecule has 1 unspecified atom stereocenters. The minimum Gasteiger partial charge on any atom is -0.508 e. The Balaban J connectivity index is 0. The standard InChI is InChI=1S/C11H12N2O.C9H19N.C8H9NO2.2C2H3Cl3O2/c1-9-8-11(14)13(12(9)2)10-6-4-3-5-7-10;1-8(2)6-5-7-9(3)10-4;1-6(10)9-7-2-4-8(11)5-3-7;2*3-2(4,5)1(6)7/h3-8H,1-2H3;6,9-10H,5,7H2,1-4H3;2-5,11H,1H3,(H,9,10);2*1,6-7H. The van der Waals surface area contributed by atoms with Gasteiger partial charge in [-0.05, 0) is 84.0 Å². The van der Waals surface area contributed by atoms with Crippen LogP contribution in [-0.4, -0.2) is 74.1 Å². The Morgan fingerprint density at radius 3 is 1.65 bits per heavy atom. The summed E-state index contributed by atoms with van der Waals surface area (Å²) in [6, 6.07) is 18.2. The number of halogens is 6. The molecule has 0 bridgehead atoms. The van der Waals surface area contributed by atoms with Crippen molar-refractivity contribution in [2.24, 2.45) is 7.05 Å². The second-order valence-corrected chi connectivity index (χ2v) is 15.1. The molecule has 49 heavy (non-hydrogen) atoms. The lowest BCUT2D eigenvalue weighted by Crippen LogP contribution is -2.23. The highest BCUT2D eigenvalue weighted by Crippen LogP contribution is 2.29. The van der Waals surface area contributed by atoms with Gasteiger partial charge in [0.25, 0.3) is 5.56 Å². The van der Waals surface area contributed by atoms with Crippen molar-refractivity contribution in [3.05, 3.63) is 88.4 Å². The third-order valence-electron chi connectivity index (χ3n) is 5.77. The lowest BCUT2D eigenvalue weighted by atomic mass is 10.1. The van der Waals surface area contributed by atoms with Gasteiger partial charge in [-0.1, -0.05) is 99.5 Å². The first-order chi connectivity index (χ1) is 22.4. The van der Waals surface area contributed by atoms with Gasteiger partial charge in [-0.3, -0.25) is 14.3 Å². The summed E-state index contributed by atoms with van der Waals surface area (Å²) in [6.45, 7) is 9.85. The molecule has 0 saturated heterocycles. The van der Waals surface area contributed by atoms with Crippen LogP contribution in [0.5, 0.6) is 5.75 Å². The van der Waals surface area contributed by atoms with E-state index in [4.69, 9.17) is 95.1 Å². The molecule has 0 radical (unpaired) electrons. The Bertz CT molecular complexity index is 1400. The number of aliphatic hydroxyl groups excluding tert-OH is 2. The number of hydrogen-bond donors (Lipinski definition) is 7. The molecule has 3 rings (SSSR count). The summed E-state index contributed by atoms with van der Waals surface area (Å²) >= 11 is 29.4. The molecular weight excluding hydrogens is 765 g/mol. The Labute approximate surface area is 317 Å². The Morgan fingerprint density at radius 1 is 0.878 bits per heavy atom. The number of carbonyl (C=O) groups is 1. The molecule has 0 spiro atoms.